The molecule has 1 unspecified atom stereocenters. The molecule has 0 saturated carbocycles. The fourth-order valence-electron chi connectivity index (χ4n) is 5.73. The minimum absolute atomic E-state index is 0.0102. The number of carbonyl (C=O) groups is 1. The second kappa shape index (κ2) is 12.2. The van der Waals surface area contributed by atoms with Crippen LogP contribution in [0.3, 0.4) is 0 Å². The van der Waals surface area contributed by atoms with Crippen LogP contribution >= 0.6 is 0 Å². The third-order valence-corrected chi connectivity index (χ3v) is 7.95. The van der Waals surface area contributed by atoms with Crippen LogP contribution in [0.2, 0.25) is 0 Å². The van der Waals surface area contributed by atoms with E-state index in [9.17, 15) is 18.0 Å². The lowest BCUT2D eigenvalue weighted by atomic mass is 10.0. The summed E-state index contributed by atoms with van der Waals surface area (Å²) in [6, 6.07) is 18.6. The molecule has 0 aliphatic carbocycles. The van der Waals surface area contributed by atoms with Gasteiger partial charge in [0.2, 0.25) is 11.8 Å². The molecule has 1 aliphatic rings. The van der Waals surface area contributed by atoms with E-state index in [0.29, 0.717) is 16.9 Å². The van der Waals surface area contributed by atoms with E-state index < -0.39 is 48.3 Å². The molecule has 1 fully saturated rings. The Morgan fingerprint density at radius 2 is 1.76 bits per heavy atom. The highest BCUT2D eigenvalue weighted by Crippen LogP contribution is 2.34. The molecule has 12 heteroatoms. The van der Waals surface area contributed by atoms with Crippen LogP contribution < -0.4 is 4.74 Å². The molecule has 3 aromatic carbocycles. The lowest BCUT2D eigenvalue weighted by Crippen LogP contribution is -2.37. The first-order valence-electron chi connectivity index (χ1n) is 14.4. The fraction of sp³-hybridized carbons (Fsp3) is 0.235. The second-order valence-electron chi connectivity index (χ2n) is 11.2. The van der Waals surface area contributed by atoms with E-state index in [1.807, 2.05) is 6.07 Å². The average Bonchev–Trinajstić information content (AvgIpc) is 3.53. The number of aromatic nitrogens is 3. The Kier molecular flexibility index (Phi) is 8.17. The van der Waals surface area contributed by atoms with Crippen LogP contribution in [0.15, 0.2) is 72.8 Å². The van der Waals surface area contributed by atoms with E-state index in [1.54, 1.807) is 28.8 Å². The zero-order valence-electron chi connectivity index (χ0n) is 24.5. The normalized spacial score (nSPS) is 15.7. The largest absolute Gasteiger partial charge is 0.473 e. The Bertz CT molecular complexity index is 2000. The fourth-order valence-corrected chi connectivity index (χ4v) is 5.73. The third-order valence-electron chi connectivity index (χ3n) is 7.95. The maximum absolute atomic E-state index is 15.6. The predicted molar refractivity (Wildman–Crippen MR) is 158 cm³/mol. The van der Waals surface area contributed by atoms with Crippen LogP contribution in [0.4, 0.5) is 22.0 Å². The summed E-state index contributed by atoms with van der Waals surface area (Å²) < 4.78 is 81.2. The van der Waals surface area contributed by atoms with Crippen LogP contribution in [0.5, 0.6) is 5.88 Å². The van der Waals surface area contributed by atoms with Gasteiger partial charge in [-0.25, -0.2) is 31.9 Å². The number of alkyl halides is 2. The van der Waals surface area contributed by atoms with Gasteiger partial charge in [0, 0.05) is 43.5 Å². The van der Waals surface area contributed by atoms with Crippen LogP contribution in [0, 0.1) is 28.8 Å². The summed E-state index contributed by atoms with van der Waals surface area (Å²) in [5.41, 5.74) is 1.47. The number of hydrogen-bond donors (Lipinski definition) is 0. The predicted octanol–water partition coefficient (Wildman–Crippen LogP) is 6.81. The Hall–Kier alpha value is -5.31. The zero-order chi connectivity index (χ0) is 32.6. The Morgan fingerprint density at radius 1 is 0.978 bits per heavy atom. The molecule has 7 nitrogen and oxygen atoms in total. The number of nitriles is 1. The molecule has 1 saturated heterocycles. The van der Waals surface area contributed by atoms with E-state index in [4.69, 9.17) is 10.00 Å². The molecule has 6 rings (SSSR count). The van der Waals surface area contributed by atoms with Gasteiger partial charge in [-0.2, -0.15) is 5.26 Å². The monoisotopic (exact) mass is 631 g/mol. The van der Waals surface area contributed by atoms with E-state index in [2.05, 4.69) is 9.97 Å². The summed E-state index contributed by atoms with van der Waals surface area (Å²) in [7, 11) is 0. The van der Waals surface area contributed by atoms with Crippen molar-refractivity contribution in [1.82, 2.24) is 19.4 Å². The van der Waals surface area contributed by atoms with Crippen LogP contribution in [-0.4, -0.2) is 43.9 Å². The number of likely N-dealkylation sites (tertiary alicyclic amines) is 1. The van der Waals surface area contributed by atoms with Crippen molar-refractivity contribution in [2.24, 2.45) is 0 Å². The maximum Gasteiger partial charge on any atom is 0.267 e. The van der Waals surface area contributed by atoms with Crippen LogP contribution in [0.1, 0.15) is 35.9 Å². The van der Waals surface area contributed by atoms with Crippen molar-refractivity contribution < 1.29 is 31.5 Å². The molecule has 0 radical (unpaired) electrons. The van der Waals surface area contributed by atoms with Crippen molar-refractivity contribution in [2.45, 2.75) is 44.9 Å². The van der Waals surface area contributed by atoms with E-state index >= 15 is 8.78 Å². The highest BCUT2D eigenvalue weighted by atomic mass is 19.3. The Labute approximate surface area is 260 Å². The number of rotatable bonds is 8. The number of nitrogens with zero attached hydrogens (tertiary/aromatic N) is 5. The summed E-state index contributed by atoms with van der Waals surface area (Å²) in [4.78, 5) is 22.1. The van der Waals surface area contributed by atoms with Gasteiger partial charge < -0.3 is 14.2 Å². The highest BCUT2D eigenvalue weighted by Gasteiger charge is 2.46. The van der Waals surface area contributed by atoms with Crippen LogP contribution in [-0.2, 0) is 24.4 Å². The molecule has 0 N–H and O–H groups in total. The number of amides is 1. The summed E-state index contributed by atoms with van der Waals surface area (Å²) in [5.74, 6) is -5.24. The molecular weight excluding hydrogens is 605 g/mol. The molecular formula is C34H26F5N5O2. The standard InChI is InChI=1S/C34H26F5N5O2/c1-20(45)44-19-34(38,39)15-24(44)17-43-31-7-3-2-5-30(31)41-32(43)13-23-12-28(37)25(14-27(23)36)29-6-4-8-33(42-29)46-18-22-10-9-21(16-40)11-26(22)35/h2-12,14,24H,13,15,17-19H2,1H3. The first-order chi connectivity index (χ1) is 22.0. The maximum atomic E-state index is 15.6. The van der Waals surface area contributed by atoms with Gasteiger partial charge in [0.1, 0.15) is 29.9 Å². The average molecular weight is 632 g/mol. The number of imidazole rings is 1. The molecule has 1 atom stereocenters. The first-order valence-corrected chi connectivity index (χ1v) is 14.4. The molecule has 234 valence electrons. The molecule has 1 amide bonds. The number of ether oxygens (including phenoxy) is 1. The minimum Gasteiger partial charge on any atom is -0.473 e. The van der Waals surface area contributed by atoms with Crippen molar-refractivity contribution >= 4 is 16.9 Å². The summed E-state index contributed by atoms with van der Waals surface area (Å²) >= 11 is 0. The second-order valence-corrected chi connectivity index (χ2v) is 11.2. The molecule has 5 aromatic rings. The van der Waals surface area contributed by atoms with Gasteiger partial charge in [0.25, 0.3) is 5.92 Å². The van der Waals surface area contributed by atoms with Crippen molar-refractivity contribution in [3.05, 3.63) is 113 Å². The van der Waals surface area contributed by atoms with Gasteiger partial charge in [-0.3, -0.25) is 4.79 Å². The minimum atomic E-state index is -3.03. The van der Waals surface area contributed by atoms with Crippen molar-refractivity contribution in [3.8, 4) is 23.2 Å². The SMILES string of the molecule is CC(=O)N1CC(F)(F)CC1Cn1c(Cc2cc(F)c(-c3cccc(OCc4ccc(C#N)cc4F)n3)cc2F)nc2ccccc21. The summed E-state index contributed by atoms with van der Waals surface area (Å²) in [6.07, 6.45) is -0.665. The number of benzene rings is 3. The zero-order valence-corrected chi connectivity index (χ0v) is 24.5. The number of fused-ring (bicyclic) bond motifs is 1. The van der Waals surface area contributed by atoms with E-state index in [-0.39, 0.29) is 53.4 Å². The molecule has 1 aliphatic heterocycles. The van der Waals surface area contributed by atoms with Crippen molar-refractivity contribution in [3.63, 3.8) is 0 Å². The van der Waals surface area contributed by atoms with Gasteiger partial charge in [0.15, 0.2) is 0 Å². The molecule has 0 spiro atoms. The smallest absolute Gasteiger partial charge is 0.267 e. The van der Waals surface area contributed by atoms with E-state index in [1.165, 1.54) is 37.3 Å². The third kappa shape index (κ3) is 6.26. The van der Waals surface area contributed by atoms with Crippen molar-refractivity contribution in [1.29, 1.82) is 5.26 Å². The molecule has 3 heterocycles. The van der Waals surface area contributed by atoms with Gasteiger partial charge >= 0.3 is 0 Å². The Morgan fingerprint density at radius 3 is 2.52 bits per heavy atom. The Balaban J connectivity index is 1.25. The lowest BCUT2D eigenvalue weighted by molar-refractivity contribution is -0.131. The lowest BCUT2D eigenvalue weighted by Gasteiger charge is -2.24. The first kappa shape index (κ1) is 30.7. The number of para-hydroxylation sites is 2. The highest BCUT2D eigenvalue weighted by molar-refractivity contribution is 5.76. The topological polar surface area (TPSA) is 84.0 Å². The van der Waals surface area contributed by atoms with Gasteiger partial charge in [-0.1, -0.05) is 24.3 Å². The number of pyridine rings is 1. The summed E-state index contributed by atoms with van der Waals surface area (Å²) in [6.45, 7) is 0.375. The van der Waals surface area contributed by atoms with Gasteiger partial charge in [-0.05, 0) is 48.0 Å². The van der Waals surface area contributed by atoms with Crippen LogP contribution in [0.25, 0.3) is 22.3 Å². The molecule has 2 aromatic heterocycles. The number of halogens is 5. The summed E-state index contributed by atoms with van der Waals surface area (Å²) in [5, 5.41) is 8.91. The number of hydrogen-bond acceptors (Lipinski definition) is 5. The van der Waals surface area contributed by atoms with E-state index in [0.717, 1.165) is 23.1 Å². The number of carbonyl (C=O) groups excluding carboxylic acids is 1. The quantitative estimate of drug-likeness (QED) is 0.176. The molecule has 0 bridgehead atoms. The van der Waals surface area contributed by atoms with Crippen molar-refractivity contribution in [2.75, 3.05) is 6.54 Å². The molecule has 46 heavy (non-hydrogen) atoms. The van der Waals surface area contributed by atoms with Gasteiger partial charge in [-0.15, -0.1) is 0 Å². The van der Waals surface area contributed by atoms with Gasteiger partial charge in [0.05, 0.1) is 40.9 Å².